The number of hydrogen-bond acceptors (Lipinski definition) is 4. The smallest absolute Gasteiger partial charge is 0.155 e. The molecule has 0 saturated heterocycles. The average Bonchev–Trinajstić information content (AvgIpc) is 2.58. The molecule has 5 heteroatoms. The highest BCUT2D eigenvalue weighted by molar-refractivity contribution is 5.25. The second kappa shape index (κ2) is 3.78. The fraction of sp³-hybridized carbons (Fsp3) is 0.300. The van der Waals surface area contributed by atoms with Crippen LogP contribution in [0, 0.1) is 13.8 Å². The quantitative estimate of drug-likeness (QED) is 0.784. The number of aryl methyl sites for hydroxylation is 2. The van der Waals surface area contributed by atoms with E-state index in [0.29, 0.717) is 5.82 Å². The lowest BCUT2D eigenvalue weighted by atomic mass is 10.3. The second-order valence-electron chi connectivity index (χ2n) is 3.30. The van der Waals surface area contributed by atoms with Crippen molar-refractivity contribution in [2.24, 2.45) is 0 Å². The van der Waals surface area contributed by atoms with E-state index in [1.807, 2.05) is 26.0 Å². The van der Waals surface area contributed by atoms with E-state index in [2.05, 4.69) is 15.1 Å². The molecule has 78 valence electrons. The lowest BCUT2D eigenvalue weighted by molar-refractivity contribution is 0.281. The molecule has 0 aromatic carbocycles. The van der Waals surface area contributed by atoms with Gasteiger partial charge in [0.1, 0.15) is 11.6 Å². The van der Waals surface area contributed by atoms with Gasteiger partial charge >= 0.3 is 0 Å². The molecule has 0 bridgehead atoms. The zero-order valence-corrected chi connectivity index (χ0v) is 8.68. The van der Waals surface area contributed by atoms with Crippen LogP contribution in [0.1, 0.15) is 17.2 Å². The van der Waals surface area contributed by atoms with E-state index in [1.54, 1.807) is 10.9 Å². The molecule has 0 amide bonds. The first kappa shape index (κ1) is 9.79. The van der Waals surface area contributed by atoms with Crippen LogP contribution in [0.15, 0.2) is 18.3 Å². The van der Waals surface area contributed by atoms with Gasteiger partial charge in [0.25, 0.3) is 0 Å². The van der Waals surface area contributed by atoms with Crippen molar-refractivity contribution >= 4 is 0 Å². The number of aromatic nitrogens is 4. The van der Waals surface area contributed by atoms with Crippen LogP contribution in [-0.2, 0) is 6.61 Å². The molecule has 1 N–H and O–H groups in total. The normalized spacial score (nSPS) is 10.6. The Morgan fingerprint density at radius 3 is 2.60 bits per heavy atom. The minimum Gasteiger partial charge on any atom is -0.392 e. The van der Waals surface area contributed by atoms with Crippen LogP contribution >= 0.6 is 0 Å². The van der Waals surface area contributed by atoms with E-state index in [4.69, 9.17) is 5.11 Å². The van der Waals surface area contributed by atoms with E-state index in [1.165, 1.54) is 0 Å². The van der Waals surface area contributed by atoms with Crippen molar-refractivity contribution in [1.82, 2.24) is 19.7 Å². The van der Waals surface area contributed by atoms with Gasteiger partial charge in [0.15, 0.2) is 5.82 Å². The third kappa shape index (κ3) is 1.87. The monoisotopic (exact) mass is 204 g/mol. The maximum absolute atomic E-state index is 8.88. The summed E-state index contributed by atoms with van der Waals surface area (Å²) in [7, 11) is 0. The minimum absolute atomic E-state index is 0.00263. The van der Waals surface area contributed by atoms with Crippen molar-refractivity contribution < 1.29 is 5.11 Å². The Bertz CT molecular complexity index is 461. The largest absolute Gasteiger partial charge is 0.392 e. The molecule has 2 rings (SSSR count). The third-order valence-corrected chi connectivity index (χ3v) is 2.08. The van der Waals surface area contributed by atoms with Gasteiger partial charge in [-0.05, 0) is 25.5 Å². The van der Waals surface area contributed by atoms with Crippen LogP contribution in [0.25, 0.3) is 5.82 Å². The van der Waals surface area contributed by atoms with Gasteiger partial charge in [0, 0.05) is 6.20 Å². The summed E-state index contributed by atoms with van der Waals surface area (Å²) in [5, 5.41) is 13.1. The summed E-state index contributed by atoms with van der Waals surface area (Å²) < 4.78 is 1.68. The summed E-state index contributed by atoms with van der Waals surface area (Å²) in [5.74, 6) is 2.24. The van der Waals surface area contributed by atoms with Gasteiger partial charge in [-0.25, -0.2) is 9.97 Å². The van der Waals surface area contributed by atoms with Crippen LogP contribution in [0.2, 0.25) is 0 Å². The SMILES string of the molecule is Cc1nc(C)n(-c2ccc(CO)cn2)n1. The van der Waals surface area contributed by atoms with Gasteiger partial charge in [-0.15, -0.1) is 5.10 Å². The van der Waals surface area contributed by atoms with E-state index in [9.17, 15) is 0 Å². The minimum atomic E-state index is 0.00263. The van der Waals surface area contributed by atoms with E-state index < -0.39 is 0 Å². The predicted molar refractivity (Wildman–Crippen MR) is 54.6 cm³/mol. The van der Waals surface area contributed by atoms with Crippen molar-refractivity contribution in [2.45, 2.75) is 20.5 Å². The maximum Gasteiger partial charge on any atom is 0.155 e. The summed E-state index contributed by atoms with van der Waals surface area (Å²) in [4.78, 5) is 8.39. The van der Waals surface area contributed by atoms with Crippen molar-refractivity contribution in [3.05, 3.63) is 35.5 Å². The first-order valence-electron chi connectivity index (χ1n) is 4.67. The molecule has 0 saturated carbocycles. The lowest BCUT2D eigenvalue weighted by Crippen LogP contribution is -2.02. The zero-order chi connectivity index (χ0) is 10.8. The summed E-state index contributed by atoms with van der Waals surface area (Å²) >= 11 is 0. The summed E-state index contributed by atoms with van der Waals surface area (Å²) in [5.41, 5.74) is 0.785. The maximum atomic E-state index is 8.88. The molecule has 0 atom stereocenters. The number of aliphatic hydroxyl groups is 1. The van der Waals surface area contributed by atoms with Gasteiger partial charge in [-0.2, -0.15) is 4.68 Å². The molecule has 0 aliphatic heterocycles. The predicted octanol–water partition coefficient (Wildman–Crippen LogP) is 0.771. The molecule has 2 aromatic heterocycles. The second-order valence-corrected chi connectivity index (χ2v) is 3.30. The highest BCUT2D eigenvalue weighted by Crippen LogP contribution is 2.07. The van der Waals surface area contributed by atoms with Crippen LogP contribution in [0.3, 0.4) is 0 Å². The summed E-state index contributed by atoms with van der Waals surface area (Å²) in [6.07, 6.45) is 1.63. The van der Waals surface area contributed by atoms with Crippen LogP contribution in [0.4, 0.5) is 0 Å². The molecule has 2 aromatic rings. The Balaban J connectivity index is 2.41. The number of rotatable bonds is 2. The van der Waals surface area contributed by atoms with Crippen molar-refractivity contribution in [2.75, 3.05) is 0 Å². The fourth-order valence-corrected chi connectivity index (χ4v) is 1.37. The van der Waals surface area contributed by atoms with E-state index in [0.717, 1.165) is 17.2 Å². The first-order valence-corrected chi connectivity index (χ1v) is 4.67. The van der Waals surface area contributed by atoms with Gasteiger partial charge < -0.3 is 5.11 Å². The van der Waals surface area contributed by atoms with Gasteiger partial charge in [0.05, 0.1) is 6.61 Å². The Morgan fingerprint density at radius 1 is 1.33 bits per heavy atom. The number of aliphatic hydroxyl groups excluding tert-OH is 1. The highest BCUT2D eigenvalue weighted by atomic mass is 16.3. The molecule has 0 radical (unpaired) electrons. The van der Waals surface area contributed by atoms with Crippen molar-refractivity contribution in [3.63, 3.8) is 0 Å². The molecule has 0 aliphatic rings. The Kier molecular flexibility index (Phi) is 2.47. The lowest BCUT2D eigenvalue weighted by Gasteiger charge is -2.02. The van der Waals surface area contributed by atoms with E-state index >= 15 is 0 Å². The average molecular weight is 204 g/mol. The Hall–Kier alpha value is -1.75. The first-order chi connectivity index (χ1) is 7.20. The molecule has 15 heavy (non-hydrogen) atoms. The van der Waals surface area contributed by atoms with Gasteiger partial charge in [-0.1, -0.05) is 6.07 Å². The third-order valence-electron chi connectivity index (χ3n) is 2.08. The van der Waals surface area contributed by atoms with Gasteiger partial charge in [0.2, 0.25) is 0 Å². The molecule has 0 unspecified atom stereocenters. The summed E-state index contributed by atoms with van der Waals surface area (Å²) in [6, 6.07) is 3.63. The molecule has 0 aliphatic carbocycles. The van der Waals surface area contributed by atoms with Gasteiger partial charge in [-0.3, -0.25) is 0 Å². The number of hydrogen-bond donors (Lipinski definition) is 1. The fourth-order valence-electron chi connectivity index (χ4n) is 1.37. The molecular formula is C10H12N4O. The molecule has 0 fully saturated rings. The topological polar surface area (TPSA) is 63.8 Å². The zero-order valence-electron chi connectivity index (χ0n) is 8.68. The molecule has 2 heterocycles. The van der Waals surface area contributed by atoms with Crippen molar-refractivity contribution in [1.29, 1.82) is 0 Å². The highest BCUT2D eigenvalue weighted by Gasteiger charge is 2.05. The number of pyridine rings is 1. The molecular weight excluding hydrogens is 192 g/mol. The Morgan fingerprint density at radius 2 is 2.13 bits per heavy atom. The number of nitrogens with zero attached hydrogens (tertiary/aromatic N) is 4. The van der Waals surface area contributed by atoms with Crippen LogP contribution < -0.4 is 0 Å². The van der Waals surface area contributed by atoms with Crippen molar-refractivity contribution in [3.8, 4) is 5.82 Å². The Labute approximate surface area is 87.4 Å². The molecule has 5 nitrogen and oxygen atoms in total. The van der Waals surface area contributed by atoms with Crippen LogP contribution in [-0.4, -0.2) is 24.9 Å². The summed E-state index contributed by atoms with van der Waals surface area (Å²) in [6.45, 7) is 3.72. The van der Waals surface area contributed by atoms with E-state index in [-0.39, 0.29) is 6.61 Å². The standard InChI is InChI=1S/C10H12N4O/c1-7-12-8(2)14(13-7)10-4-3-9(6-15)5-11-10/h3-5,15H,6H2,1-2H3. The van der Waals surface area contributed by atoms with Crippen LogP contribution in [0.5, 0.6) is 0 Å². The molecule has 0 spiro atoms.